The van der Waals surface area contributed by atoms with Crippen molar-refractivity contribution in [2.75, 3.05) is 11.9 Å². The molecule has 2 rings (SSSR count). The number of rotatable bonds is 6. The minimum Gasteiger partial charge on any atom is -0.384 e. The molecule has 2 aromatic rings. The summed E-state index contributed by atoms with van der Waals surface area (Å²) in [6.07, 6.45) is 6.85. The molecular weight excluding hydrogens is 244 g/mol. The van der Waals surface area contributed by atoms with E-state index >= 15 is 0 Å². The molecule has 0 unspecified atom stereocenters. The summed E-state index contributed by atoms with van der Waals surface area (Å²) < 4.78 is 0. The van der Waals surface area contributed by atoms with Gasteiger partial charge < -0.3 is 5.32 Å². The van der Waals surface area contributed by atoms with Gasteiger partial charge in [-0.2, -0.15) is 0 Å². The molecule has 0 amide bonds. The van der Waals surface area contributed by atoms with Gasteiger partial charge in [-0.15, -0.1) is 0 Å². The highest BCUT2D eigenvalue weighted by Gasteiger charge is 2.04. The van der Waals surface area contributed by atoms with Gasteiger partial charge in [-0.1, -0.05) is 37.8 Å². The standard InChI is InChI=1S/C15H19ClN2/c1-2-3-4-5-10-17-14-9-8-13(16)15-12(14)7-6-11-18-15/h6-9,11,17H,2-5,10H2,1H3. The Labute approximate surface area is 113 Å². The van der Waals surface area contributed by atoms with Crippen LogP contribution >= 0.6 is 11.6 Å². The van der Waals surface area contributed by atoms with E-state index in [-0.39, 0.29) is 0 Å². The summed E-state index contributed by atoms with van der Waals surface area (Å²) in [6, 6.07) is 7.95. The molecular formula is C15H19ClN2. The molecule has 0 radical (unpaired) electrons. The Morgan fingerprint density at radius 2 is 2.06 bits per heavy atom. The molecule has 0 saturated carbocycles. The van der Waals surface area contributed by atoms with E-state index in [2.05, 4.69) is 23.3 Å². The number of nitrogens with zero attached hydrogens (tertiary/aromatic N) is 1. The number of fused-ring (bicyclic) bond motifs is 1. The predicted molar refractivity (Wildman–Crippen MR) is 79.4 cm³/mol. The van der Waals surface area contributed by atoms with Crippen LogP contribution < -0.4 is 5.32 Å². The minimum atomic E-state index is 0.710. The van der Waals surface area contributed by atoms with Crippen molar-refractivity contribution in [3.63, 3.8) is 0 Å². The van der Waals surface area contributed by atoms with Gasteiger partial charge >= 0.3 is 0 Å². The first-order valence-electron chi connectivity index (χ1n) is 6.60. The number of unbranched alkanes of at least 4 members (excludes halogenated alkanes) is 3. The molecule has 0 aliphatic heterocycles. The van der Waals surface area contributed by atoms with Crippen LogP contribution in [0.3, 0.4) is 0 Å². The van der Waals surface area contributed by atoms with Gasteiger partial charge in [-0.3, -0.25) is 4.98 Å². The molecule has 0 aliphatic carbocycles. The van der Waals surface area contributed by atoms with Gasteiger partial charge in [-0.25, -0.2) is 0 Å². The van der Waals surface area contributed by atoms with E-state index in [0.29, 0.717) is 5.02 Å². The summed E-state index contributed by atoms with van der Waals surface area (Å²) in [5, 5.41) is 5.28. The summed E-state index contributed by atoms with van der Waals surface area (Å²) in [7, 11) is 0. The van der Waals surface area contributed by atoms with Gasteiger partial charge in [0.1, 0.15) is 0 Å². The zero-order valence-corrected chi connectivity index (χ0v) is 11.5. The molecule has 1 N–H and O–H groups in total. The van der Waals surface area contributed by atoms with E-state index in [9.17, 15) is 0 Å². The van der Waals surface area contributed by atoms with Crippen molar-refractivity contribution in [1.29, 1.82) is 0 Å². The van der Waals surface area contributed by atoms with Crippen LogP contribution in [0.2, 0.25) is 5.02 Å². The number of benzene rings is 1. The molecule has 0 saturated heterocycles. The Kier molecular flexibility index (Phi) is 4.82. The average molecular weight is 263 g/mol. The van der Waals surface area contributed by atoms with E-state index in [0.717, 1.165) is 23.1 Å². The molecule has 0 aliphatic rings. The maximum absolute atomic E-state index is 6.14. The summed E-state index contributed by atoms with van der Waals surface area (Å²) in [6.45, 7) is 3.23. The lowest BCUT2D eigenvalue weighted by Gasteiger charge is -2.10. The normalized spacial score (nSPS) is 10.8. The van der Waals surface area contributed by atoms with Gasteiger partial charge in [0, 0.05) is 23.8 Å². The lowest BCUT2D eigenvalue weighted by atomic mass is 10.1. The van der Waals surface area contributed by atoms with E-state index in [4.69, 9.17) is 11.6 Å². The molecule has 1 aromatic carbocycles. The number of pyridine rings is 1. The smallest absolute Gasteiger partial charge is 0.0908 e. The van der Waals surface area contributed by atoms with Crippen LogP contribution in [0, 0.1) is 0 Å². The van der Waals surface area contributed by atoms with Crippen LogP contribution in [0.4, 0.5) is 5.69 Å². The second-order valence-electron chi connectivity index (χ2n) is 4.48. The van der Waals surface area contributed by atoms with E-state index in [1.165, 1.54) is 25.7 Å². The first-order chi connectivity index (χ1) is 8.83. The Morgan fingerprint density at radius 3 is 2.89 bits per heavy atom. The lowest BCUT2D eigenvalue weighted by molar-refractivity contribution is 0.685. The van der Waals surface area contributed by atoms with Crippen LogP contribution in [-0.2, 0) is 0 Å². The van der Waals surface area contributed by atoms with Crippen molar-refractivity contribution in [3.05, 3.63) is 35.5 Å². The van der Waals surface area contributed by atoms with Crippen molar-refractivity contribution < 1.29 is 0 Å². The maximum atomic E-state index is 6.14. The zero-order chi connectivity index (χ0) is 12.8. The highest BCUT2D eigenvalue weighted by Crippen LogP contribution is 2.27. The van der Waals surface area contributed by atoms with Crippen molar-refractivity contribution in [1.82, 2.24) is 4.98 Å². The Hall–Kier alpha value is -1.28. The quantitative estimate of drug-likeness (QED) is 0.751. The van der Waals surface area contributed by atoms with E-state index in [1.54, 1.807) is 6.20 Å². The fourth-order valence-corrected chi connectivity index (χ4v) is 2.28. The number of halogens is 1. The van der Waals surface area contributed by atoms with Crippen LogP contribution in [0.25, 0.3) is 10.9 Å². The zero-order valence-electron chi connectivity index (χ0n) is 10.7. The highest BCUT2D eigenvalue weighted by molar-refractivity contribution is 6.35. The molecule has 1 aromatic heterocycles. The summed E-state index contributed by atoms with van der Waals surface area (Å²) >= 11 is 6.14. The van der Waals surface area contributed by atoms with Gasteiger partial charge in [0.15, 0.2) is 0 Å². The Bertz CT molecular complexity index is 511. The van der Waals surface area contributed by atoms with Gasteiger partial charge in [-0.05, 0) is 30.7 Å². The van der Waals surface area contributed by atoms with Crippen LogP contribution in [0.5, 0.6) is 0 Å². The fraction of sp³-hybridized carbons (Fsp3) is 0.400. The molecule has 1 heterocycles. The summed E-state index contributed by atoms with van der Waals surface area (Å²) in [4.78, 5) is 4.33. The SMILES string of the molecule is CCCCCCNc1ccc(Cl)c2ncccc12. The van der Waals surface area contributed by atoms with Gasteiger partial charge in [0.2, 0.25) is 0 Å². The van der Waals surface area contributed by atoms with Crippen molar-refractivity contribution in [3.8, 4) is 0 Å². The predicted octanol–water partition coefficient (Wildman–Crippen LogP) is 4.88. The largest absolute Gasteiger partial charge is 0.384 e. The molecule has 2 nitrogen and oxygen atoms in total. The maximum Gasteiger partial charge on any atom is 0.0908 e. The van der Waals surface area contributed by atoms with Crippen molar-refractivity contribution in [2.24, 2.45) is 0 Å². The number of aromatic nitrogens is 1. The molecule has 18 heavy (non-hydrogen) atoms. The first-order valence-corrected chi connectivity index (χ1v) is 6.98. The minimum absolute atomic E-state index is 0.710. The third-order valence-electron chi connectivity index (χ3n) is 3.07. The summed E-state index contributed by atoms with van der Waals surface area (Å²) in [5.41, 5.74) is 2.00. The van der Waals surface area contributed by atoms with Crippen molar-refractivity contribution >= 4 is 28.2 Å². The Morgan fingerprint density at radius 1 is 1.17 bits per heavy atom. The lowest BCUT2D eigenvalue weighted by Crippen LogP contribution is -2.02. The number of nitrogens with one attached hydrogen (secondary N) is 1. The average Bonchev–Trinajstić information content (AvgIpc) is 2.41. The van der Waals surface area contributed by atoms with Gasteiger partial charge in [0.05, 0.1) is 10.5 Å². The second-order valence-corrected chi connectivity index (χ2v) is 4.89. The molecule has 0 spiro atoms. The summed E-state index contributed by atoms with van der Waals surface area (Å²) in [5.74, 6) is 0. The topological polar surface area (TPSA) is 24.9 Å². The van der Waals surface area contributed by atoms with Crippen molar-refractivity contribution in [2.45, 2.75) is 32.6 Å². The van der Waals surface area contributed by atoms with E-state index < -0.39 is 0 Å². The third kappa shape index (κ3) is 3.14. The van der Waals surface area contributed by atoms with Crippen LogP contribution in [0.15, 0.2) is 30.5 Å². The number of hydrogen-bond donors (Lipinski definition) is 1. The van der Waals surface area contributed by atoms with Gasteiger partial charge in [0.25, 0.3) is 0 Å². The molecule has 0 fully saturated rings. The third-order valence-corrected chi connectivity index (χ3v) is 3.37. The molecule has 3 heteroatoms. The monoisotopic (exact) mass is 262 g/mol. The second kappa shape index (κ2) is 6.60. The van der Waals surface area contributed by atoms with Crippen LogP contribution in [-0.4, -0.2) is 11.5 Å². The number of hydrogen-bond acceptors (Lipinski definition) is 2. The fourth-order valence-electron chi connectivity index (χ4n) is 2.07. The highest BCUT2D eigenvalue weighted by atomic mass is 35.5. The Balaban J connectivity index is 2.07. The molecule has 0 atom stereocenters. The molecule has 96 valence electrons. The molecule has 0 bridgehead atoms. The van der Waals surface area contributed by atoms with E-state index in [1.807, 2.05) is 18.2 Å². The number of anilines is 1. The first kappa shape index (κ1) is 13.2. The van der Waals surface area contributed by atoms with Crippen LogP contribution in [0.1, 0.15) is 32.6 Å².